The molecule has 140 valence electrons. The van der Waals surface area contributed by atoms with Gasteiger partial charge >= 0.3 is 5.97 Å². The van der Waals surface area contributed by atoms with E-state index in [1.54, 1.807) is 0 Å². The van der Waals surface area contributed by atoms with Gasteiger partial charge in [0, 0.05) is 13.3 Å². The predicted octanol–water partition coefficient (Wildman–Crippen LogP) is 4.31. The van der Waals surface area contributed by atoms with Crippen molar-refractivity contribution in [3.05, 3.63) is 11.6 Å². The lowest BCUT2D eigenvalue weighted by Gasteiger charge is -2.50. The molecular formula is C23H30O3. The molecule has 0 heterocycles. The predicted molar refractivity (Wildman–Crippen MR) is 100.0 cm³/mol. The summed E-state index contributed by atoms with van der Waals surface area (Å²) in [5.74, 6) is 9.63. The summed E-state index contributed by atoms with van der Waals surface area (Å²) in [6.07, 6.45) is 10.8. The zero-order valence-electron chi connectivity index (χ0n) is 16.0. The molecule has 0 saturated heterocycles. The average molecular weight is 354 g/mol. The molecule has 0 aromatic heterocycles. The Balaban J connectivity index is 1.52. The minimum Gasteiger partial charge on any atom is -0.462 e. The van der Waals surface area contributed by atoms with E-state index in [0.717, 1.165) is 31.6 Å². The zero-order valence-corrected chi connectivity index (χ0v) is 16.0. The van der Waals surface area contributed by atoms with Gasteiger partial charge in [0.1, 0.15) is 6.10 Å². The lowest BCUT2D eigenvalue weighted by molar-refractivity contribution is -0.149. The number of carbonyl (C=O) groups is 2. The van der Waals surface area contributed by atoms with Crippen LogP contribution in [0.2, 0.25) is 0 Å². The maximum atomic E-state index is 12.4. The molecule has 3 saturated carbocycles. The molecule has 0 radical (unpaired) electrons. The summed E-state index contributed by atoms with van der Waals surface area (Å²) in [6, 6.07) is 0. The number of rotatable bonds is 1. The number of hydrogen-bond donors (Lipinski definition) is 0. The minimum absolute atomic E-state index is 0.0856. The molecule has 0 amide bonds. The largest absolute Gasteiger partial charge is 0.462 e. The Morgan fingerprint density at radius 1 is 1.12 bits per heavy atom. The van der Waals surface area contributed by atoms with Gasteiger partial charge in [-0.15, -0.1) is 5.92 Å². The van der Waals surface area contributed by atoms with E-state index in [2.05, 4.69) is 11.8 Å². The number of ketones is 1. The molecule has 0 N–H and O–H groups in total. The van der Waals surface area contributed by atoms with Crippen molar-refractivity contribution >= 4 is 11.8 Å². The highest BCUT2D eigenvalue weighted by Gasteiger charge is 2.51. The van der Waals surface area contributed by atoms with Crippen molar-refractivity contribution in [3.63, 3.8) is 0 Å². The van der Waals surface area contributed by atoms with Crippen LogP contribution < -0.4 is 0 Å². The molecule has 3 heteroatoms. The van der Waals surface area contributed by atoms with Gasteiger partial charge in [0.15, 0.2) is 5.78 Å². The van der Waals surface area contributed by atoms with Gasteiger partial charge in [-0.3, -0.25) is 9.59 Å². The van der Waals surface area contributed by atoms with E-state index < -0.39 is 0 Å². The minimum atomic E-state index is -0.130. The molecule has 0 aromatic carbocycles. The number of fused-ring (bicyclic) bond motifs is 5. The Morgan fingerprint density at radius 3 is 2.62 bits per heavy atom. The molecule has 4 aliphatic rings. The lowest BCUT2D eigenvalue weighted by Crippen LogP contribution is -2.44. The average Bonchev–Trinajstić information content (AvgIpc) is 3.02. The molecule has 7 atom stereocenters. The molecule has 26 heavy (non-hydrogen) atoms. The molecule has 2 unspecified atom stereocenters. The van der Waals surface area contributed by atoms with E-state index in [0.29, 0.717) is 23.7 Å². The third-order valence-corrected chi connectivity index (χ3v) is 7.44. The van der Waals surface area contributed by atoms with Crippen molar-refractivity contribution in [2.75, 3.05) is 0 Å². The van der Waals surface area contributed by atoms with Crippen molar-refractivity contribution in [1.29, 1.82) is 0 Å². The molecule has 0 aliphatic heterocycles. The van der Waals surface area contributed by atoms with E-state index in [4.69, 9.17) is 4.74 Å². The van der Waals surface area contributed by atoms with E-state index in [-0.39, 0.29) is 23.8 Å². The molecule has 3 nitrogen and oxygen atoms in total. The summed E-state index contributed by atoms with van der Waals surface area (Å²) >= 11 is 0. The number of carbonyl (C=O) groups excluding carboxylic acids is 2. The van der Waals surface area contributed by atoms with Gasteiger partial charge < -0.3 is 4.74 Å². The Bertz CT molecular complexity index is 679. The molecule has 4 rings (SSSR count). The van der Waals surface area contributed by atoms with Gasteiger partial charge in [0.25, 0.3) is 0 Å². The molecule has 3 fully saturated rings. The SMILES string of the molecule is CCC#CC1C[C@H]2C(=CC1=O)CC[C@H]1[C@@H]3CCC(OC(C)=O)[C@H]3CC[C@@H]12. The third kappa shape index (κ3) is 3.13. The first-order valence-corrected chi connectivity index (χ1v) is 10.5. The number of hydrogen-bond acceptors (Lipinski definition) is 3. The Labute approximate surface area is 156 Å². The standard InChI is InChI=1S/C23H30O3/c1-3-4-5-16-12-21-15(13-22(16)25)6-7-17-18-10-11-23(26-14(2)24)20(18)9-8-19(17)21/h13,16-21,23H,3,6-12H2,1-2H3/t16?,17-,18-,19-,20-,21-,23?/m0/s1. The Kier molecular flexibility index (Phi) is 4.95. The van der Waals surface area contributed by atoms with Crippen LogP contribution in [0, 0.1) is 47.3 Å². The van der Waals surface area contributed by atoms with Gasteiger partial charge in [-0.05, 0) is 80.6 Å². The molecular weight excluding hydrogens is 324 g/mol. The third-order valence-electron chi connectivity index (χ3n) is 7.44. The van der Waals surface area contributed by atoms with Crippen LogP contribution >= 0.6 is 0 Å². The molecule has 0 spiro atoms. The van der Waals surface area contributed by atoms with E-state index in [1.807, 2.05) is 13.0 Å². The van der Waals surface area contributed by atoms with E-state index in [9.17, 15) is 9.59 Å². The van der Waals surface area contributed by atoms with Crippen molar-refractivity contribution in [3.8, 4) is 11.8 Å². The second-order valence-corrected chi connectivity index (χ2v) is 8.69. The second-order valence-electron chi connectivity index (χ2n) is 8.69. The van der Waals surface area contributed by atoms with Crippen LogP contribution in [-0.2, 0) is 14.3 Å². The maximum Gasteiger partial charge on any atom is 0.302 e. The highest BCUT2D eigenvalue weighted by Crippen LogP contribution is 2.57. The zero-order chi connectivity index (χ0) is 18.3. The van der Waals surface area contributed by atoms with E-state index >= 15 is 0 Å². The Morgan fingerprint density at radius 2 is 1.85 bits per heavy atom. The number of allylic oxidation sites excluding steroid dienone is 1. The highest BCUT2D eigenvalue weighted by molar-refractivity contribution is 5.95. The number of esters is 1. The monoisotopic (exact) mass is 354 g/mol. The van der Waals surface area contributed by atoms with Gasteiger partial charge in [-0.2, -0.15) is 0 Å². The smallest absolute Gasteiger partial charge is 0.302 e. The summed E-state index contributed by atoms with van der Waals surface area (Å²) in [5.41, 5.74) is 1.40. The highest BCUT2D eigenvalue weighted by atomic mass is 16.5. The normalized spacial score (nSPS) is 41.1. The molecule has 0 bridgehead atoms. The molecule has 4 aliphatic carbocycles. The summed E-state index contributed by atoms with van der Waals surface area (Å²) < 4.78 is 5.63. The van der Waals surface area contributed by atoms with Gasteiger partial charge in [0.2, 0.25) is 0 Å². The van der Waals surface area contributed by atoms with Crippen LogP contribution in [-0.4, -0.2) is 17.9 Å². The Hall–Kier alpha value is -1.56. The summed E-state index contributed by atoms with van der Waals surface area (Å²) in [7, 11) is 0. The first-order valence-electron chi connectivity index (χ1n) is 10.5. The summed E-state index contributed by atoms with van der Waals surface area (Å²) in [6.45, 7) is 3.58. The fourth-order valence-corrected chi connectivity index (χ4v) is 6.50. The quantitative estimate of drug-likeness (QED) is 0.520. The lowest BCUT2D eigenvalue weighted by atomic mass is 9.55. The van der Waals surface area contributed by atoms with Crippen LogP contribution in [0.5, 0.6) is 0 Å². The summed E-state index contributed by atoms with van der Waals surface area (Å²) in [4.78, 5) is 23.8. The number of ether oxygens (including phenoxy) is 1. The van der Waals surface area contributed by atoms with Crippen molar-refractivity contribution in [1.82, 2.24) is 0 Å². The van der Waals surface area contributed by atoms with Crippen molar-refractivity contribution in [2.45, 2.75) is 71.3 Å². The van der Waals surface area contributed by atoms with Crippen LogP contribution in [0.25, 0.3) is 0 Å². The van der Waals surface area contributed by atoms with Gasteiger partial charge in [-0.1, -0.05) is 18.4 Å². The fourth-order valence-electron chi connectivity index (χ4n) is 6.50. The molecule has 0 aromatic rings. The van der Waals surface area contributed by atoms with Crippen molar-refractivity contribution < 1.29 is 14.3 Å². The van der Waals surface area contributed by atoms with Crippen LogP contribution in [0.4, 0.5) is 0 Å². The van der Waals surface area contributed by atoms with E-state index in [1.165, 1.54) is 38.2 Å². The first-order chi connectivity index (χ1) is 12.6. The first kappa shape index (κ1) is 17.8. The van der Waals surface area contributed by atoms with Crippen LogP contribution in [0.1, 0.15) is 65.2 Å². The van der Waals surface area contributed by atoms with Crippen molar-refractivity contribution in [2.24, 2.45) is 35.5 Å². The van der Waals surface area contributed by atoms with Crippen LogP contribution in [0.15, 0.2) is 11.6 Å². The summed E-state index contributed by atoms with van der Waals surface area (Å²) in [5, 5.41) is 0. The van der Waals surface area contributed by atoms with Gasteiger partial charge in [-0.25, -0.2) is 0 Å². The second kappa shape index (κ2) is 7.22. The topological polar surface area (TPSA) is 43.4 Å². The van der Waals surface area contributed by atoms with Crippen LogP contribution in [0.3, 0.4) is 0 Å². The maximum absolute atomic E-state index is 12.4. The fraction of sp³-hybridized carbons (Fsp3) is 0.739. The van der Waals surface area contributed by atoms with Gasteiger partial charge in [0.05, 0.1) is 5.92 Å².